The van der Waals surface area contributed by atoms with Gasteiger partial charge < -0.3 is 9.47 Å². The molecule has 4 nitrogen and oxygen atoms in total. The van der Waals surface area contributed by atoms with E-state index >= 15 is 0 Å². The van der Waals surface area contributed by atoms with E-state index in [1.165, 1.54) is 0 Å². The predicted molar refractivity (Wildman–Crippen MR) is 102 cm³/mol. The third-order valence-electron chi connectivity index (χ3n) is 4.12. The zero-order valence-corrected chi connectivity index (χ0v) is 15.0. The molecule has 0 N–H and O–H groups in total. The van der Waals surface area contributed by atoms with Crippen molar-refractivity contribution >= 4 is 0 Å². The minimum absolute atomic E-state index is 0.196. The normalized spacial score (nSPS) is 9.89. The van der Waals surface area contributed by atoms with Crippen molar-refractivity contribution in [1.29, 1.82) is 10.5 Å². The van der Waals surface area contributed by atoms with E-state index in [9.17, 15) is 10.5 Å². The molecule has 0 fully saturated rings. The summed E-state index contributed by atoms with van der Waals surface area (Å²) in [5.41, 5.74) is 3.13. The highest BCUT2D eigenvalue weighted by atomic mass is 16.5. The van der Waals surface area contributed by atoms with Crippen molar-refractivity contribution in [2.45, 2.75) is 20.1 Å². The van der Waals surface area contributed by atoms with Gasteiger partial charge in [0.25, 0.3) is 0 Å². The number of nitriles is 2. The number of rotatable bonds is 6. The van der Waals surface area contributed by atoms with Crippen LogP contribution in [0.5, 0.6) is 11.5 Å². The second-order valence-corrected chi connectivity index (χ2v) is 6.04. The summed E-state index contributed by atoms with van der Waals surface area (Å²) in [4.78, 5) is 0. The Morgan fingerprint density at radius 1 is 0.741 bits per heavy atom. The first kappa shape index (κ1) is 18.0. The molecule has 4 heteroatoms. The molecule has 0 unspecified atom stereocenters. The number of hydrogen-bond acceptors (Lipinski definition) is 4. The van der Waals surface area contributed by atoms with Crippen LogP contribution in [0.3, 0.4) is 0 Å². The van der Waals surface area contributed by atoms with Crippen LogP contribution in [0.4, 0.5) is 0 Å². The molecule has 3 aromatic rings. The lowest BCUT2D eigenvalue weighted by Crippen LogP contribution is -2.04. The number of nitrogens with zero attached hydrogens (tertiary/aromatic N) is 2. The fourth-order valence-electron chi connectivity index (χ4n) is 2.75. The van der Waals surface area contributed by atoms with Gasteiger partial charge in [0.1, 0.15) is 48.0 Å². The van der Waals surface area contributed by atoms with Gasteiger partial charge in [0.2, 0.25) is 0 Å². The van der Waals surface area contributed by atoms with Gasteiger partial charge in [-0.1, -0.05) is 60.7 Å². The van der Waals surface area contributed by atoms with E-state index in [-0.39, 0.29) is 11.1 Å². The maximum atomic E-state index is 9.63. The molecule has 0 heterocycles. The average molecular weight is 354 g/mol. The van der Waals surface area contributed by atoms with Gasteiger partial charge in [0.15, 0.2) is 0 Å². The predicted octanol–water partition coefficient (Wildman–Crippen LogP) is 4.90. The summed E-state index contributed by atoms with van der Waals surface area (Å²) in [5.74, 6) is 0.812. The van der Waals surface area contributed by atoms with Crippen molar-refractivity contribution in [3.8, 4) is 23.6 Å². The molecule has 3 aromatic carbocycles. The second kappa shape index (κ2) is 8.56. The van der Waals surface area contributed by atoms with Gasteiger partial charge in [-0.15, -0.1) is 0 Å². The maximum absolute atomic E-state index is 9.63. The number of aryl methyl sites for hydroxylation is 1. The van der Waals surface area contributed by atoms with Crippen LogP contribution < -0.4 is 9.47 Å². The first-order valence-corrected chi connectivity index (χ1v) is 8.54. The van der Waals surface area contributed by atoms with Crippen LogP contribution >= 0.6 is 0 Å². The van der Waals surface area contributed by atoms with E-state index in [4.69, 9.17) is 9.47 Å². The van der Waals surface area contributed by atoms with Crippen LogP contribution in [0.15, 0.2) is 66.7 Å². The molecule has 0 aromatic heterocycles. The van der Waals surface area contributed by atoms with E-state index in [1.54, 1.807) is 6.07 Å². The Kier molecular flexibility index (Phi) is 5.72. The highest BCUT2D eigenvalue weighted by Crippen LogP contribution is 2.34. The van der Waals surface area contributed by atoms with Crippen molar-refractivity contribution < 1.29 is 9.47 Å². The molecule has 0 aliphatic carbocycles. The topological polar surface area (TPSA) is 66.0 Å². The van der Waals surface area contributed by atoms with Crippen LogP contribution in [0.2, 0.25) is 0 Å². The third-order valence-corrected chi connectivity index (χ3v) is 4.12. The molecule has 3 rings (SSSR count). The Balaban J connectivity index is 1.87. The lowest BCUT2D eigenvalue weighted by atomic mass is 10.0. The largest absolute Gasteiger partial charge is 0.487 e. The molecule has 0 aliphatic heterocycles. The van der Waals surface area contributed by atoms with Gasteiger partial charge in [-0.3, -0.25) is 0 Å². The maximum Gasteiger partial charge on any atom is 0.142 e. The minimum atomic E-state index is 0.196. The van der Waals surface area contributed by atoms with Gasteiger partial charge in [0.05, 0.1) is 0 Å². The summed E-state index contributed by atoms with van der Waals surface area (Å²) >= 11 is 0. The van der Waals surface area contributed by atoms with Gasteiger partial charge in [0, 0.05) is 0 Å². The van der Waals surface area contributed by atoms with Gasteiger partial charge >= 0.3 is 0 Å². The summed E-state index contributed by atoms with van der Waals surface area (Å²) < 4.78 is 11.7. The minimum Gasteiger partial charge on any atom is -0.487 e. The summed E-state index contributed by atoms with van der Waals surface area (Å²) in [5, 5.41) is 19.2. The summed E-state index contributed by atoms with van der Waals surface area (Å²) in [6, 6.07) is 25.3. The highest BCUT2D eigenvalue weighted by molar-refractivity contribution is 5.63. The zero-order valence-electron chi connectivity index (χ0n) is 15.0. The fourth-order valence-corrected chi connectivity index (χ4v) is 2.75. The Morgan fingerprint density at radius 3 is 1.78 bits per heavy atom. The van der Waals surface area contributed by atoms with Crippen LogP contribution in [0.25, 0.3) is 0 Å². The molecular formula is C23H18N2O2. The average Bonchev–Trinajstić information content (AvgIpc) is 2.72. The van der Waals surface area contributed by atoms with Gasteiger partial charge in [-0.2, -0.15) is 10.5 Å². The van der Waals surface area contributed by atoms with E-state index in [2.05, 4.69) is 12.1 Å². The Hall–Kier alpha value is -3.76. The highest BCUT2D eigenvalue weighted by Gasteiger charge is 2.19. The first-order valence-electron chi connectivity index (χ1n) is 8.54. The van der Waals surface area contributed by atoms with Crippen LogP contribution in [-0.4, -0.2) is 0 Å². The Labute approximate surface area is 158 Å². The van der Waals surface area contributed by atoms with E-state index in [0.717, 1.165) is 16.7 Å². The fraction of sp³-hybridized carbons (Fsp3) is 0.130. The third kappa shape index (κ3) is 4.26. The molecule has 0 saturated heterocycles. The summed E-state index contributed by atoms with van der Waals surface area (Å²) in [6.45, 7) is 2.49. The van der Waals surface area contributed by atoms with Crippen molar-refractivity contribution in [3.63, 3.8) is 0 Å². The van der Waals surface area contributed by atoms with Gasteiger partial charge in [-0.25, -0.2) is 0 Å². The SMILES string of the molecule is Cc1cc(OCc2ccccc2)c(C#N)c(C#N)c1OCc1ccccc1. The Bertz CT molecular complexity index is 1000. The monoisotopic (exact) mass is 354 g/mol. The molecule has 132 valence electrons. The lowest BCUT2D eigenvalue weighted by Gasteiger charge is -2.15. The quantitative estimate of drug-likeness (QED) is 0.632. The molecule has 0 amide bonds. The molecule has 0 atom stereocenters. The molecule has 0 radical (unpaired) electrons. The molecule has 0 saturated carbocycles. The lowest BCUT2D eigenvalue weighted by molar-refractivity contribution is 0.294. The smallest absolute Gasteiger partial charge is 0.142 e. The van der Waals surface area contributed by atoms with Crippen LogP contribution in [0, 0.1) is 29.6 Å². The first-order chi connectivity index (χ1) is 13.2. The molecular weight excluding hydrogens is 336 g/mol. The second-order valence-electron chi connectivity index (χ2n) is 6.04. The van der Waals surface area contributed by atoms with Gasteiger partial charge in [-0.05, 0) is 29.7 Å². The van der Waals surface area contributed by atoms with Crippen LogP contribution in [-0.2, 0) is 13.2 Å². The molecule has 27 heavy (non-hydrogen) atoms. The van der Waals surface area contributed by atoms with Crippen molar-refractivity contribution in [2.75, 3.05) is 0 Å². The van der Waals surface area contributed by atoms with Crippen molar-refractivity contribution in [1.82, 2.24) is 0 Å². The molecule has 0 spiro atoms. The number of hydrogen-bond donors (Lipinski definition) is 0. The summed E-state index contributed by atoms with van der Waals surface area (Å²) in [6.07, 6.45) is 0. The van der Waals surface area contributed by atoms with E-state index < -0.39 is 0 Å². The van der Waals surface area contributed by atoms with Crippen molar-refractivity contribution in [2.24, 2.45) is 0 Å². The van der Waals surface area contributed by atoms with Crippen LogP contribution in [0.1, 0.15) is 27.8 Å². The van der Waals surface area contributed by atoms with E-state index in [0.29, 0.717) is 24.7 Å². The molecule has 0 aliphatic rings. The van der Waals surface area contributed by atoms with Crippen molar-refractivity contribution in [3.05, 3.63) is 94.5 Å². The number of ether oxygens (including phenoxy) is 2. The zero-order chi connectivity index (χ0) is 19.1. The molecule has 0 bridgehead atoms. The standard InChI is InChI=1S/C23H18N2O2/c1-17-12-22(26-15-18-8-4-2-5-9-18)20(13-24)21(14-25)23(17)27-16-19-10-6-3-7-11-19/h2-12H,15-16H2,1H3. The number of benzene rings is 3. The Morgan fingerprint density at radius 2 is 1.26 bits per heavy atom. The van der Waals surface area contributed by atoms with E-state index in [1.807, 2.05) is 67.6 Å². The summed E-state index contributed by atoms with van der Waals surface area (Å²) in [7, 11) is 0.